The van der Waals surface area contributed by atoms with Gasteiger partial charge >= 0.3 is 0 Å². The standard InChI is InChI=1S/C50H33NO/c1-3-11-34(12-4-1)36-19-21-38(22-20-36)46-33-49-50(45-17-9-10-18-48(45)52-49)47-32-40(26-30-44(46)47)37-23-27-42(28-24-37)51(41-15-5-2-6-16-41)43-29-25-35-13-7-8-14-39(35)31-43/h1-33H. The molecule has 10 aromatic rings. The van der Waals surface area contributed by atoms with Gasteiger partial charge in [-0.15, -0.1) is 0 Å². The summed E-state index contributed by atoms with van der Waals surface area (Å²) in [4.78, 5) is 2.33. The first-order valence-corrected chi connectivity index (χ1v) is 17.8. The summed E-state index contributed by atoms with van der Waals surface area (Å²) < 4.78 is 6.51. The van der Waals surface area contributed by atoms with Gasteiger partial charge in [-0.05, 0) is 110 Å². The maximum atomic E-state index is 6.51. The van der Waals surface area contributed by atoms with Crippen LogP contribution in [0.25, 0.3) is 76.9 Å². The van der Waals surface area contributed by atoms with Crippen LogP contribution in [0.4, 0.5) is 17.1 Å². The van der Waals surface area contributed by atoms with Gasteiger partial charge in [-0.3, -0.25) is 0 Å². The van der Waals surface area contributed by atoms with Crippen LogP contribution in [0.2, 0.25) is 0 Å². The van der Waals surface area contributed by atoms with Gasteiger partial charge in [0.15, 0.2) is 0 Å². The van der Waals surface area contributed by atoms with Gasteiger partial charge in [-0.2, -0.15) is 0 Å². The number of furan rings is 1. The molecule has 0 radical (unpaired) electrons. The molecule has 52 heavy (non-hydrogen) atoms. The Morgan fingerprint density at radius 2 is 0.885 bits per heavy atom. The Balaban J connectivity index is 1.09. The van der Waals surface area contributed by atoms with Gasteiger partial charge in [0.25, 0.3) is 0 Å². The van der Waals surface area contributed by atoms with E-state index in [9.17, 15) is 0 Å². The lowest BCUT2D eigenvalue weighted by molar-refractivity contribution is 0.669. The number of rotatable bonds is 6. The Labute approximate surface area is 302 Å². The van der Waals surface area contributed by atoms with Crippen LogP contribution in [0.15, 0.2) is 205 Å². The SMILES string of the molecule is c1ccc(-c2ccc(-c3cc4oc5ccccc5c4c4cc(-c5ccc(N(c6ccccc6)c6ccc7ccccc7c6)cc5)ccc34)cc2)cc1. The molecule has 2 nitrogen and oxygen atoms in total. The number of fused-ring (bicyclic) bond motifs is 6. The van der Waals surface area contributed by atoms with Crippen molar-refractivity contribution in [3.8, 4) is 33.4 Å². The van der Waals surface area contributed by atoms with Gasteiger partial charge in [0.2, 0.25) is 0 Å². The Kier molecular flexibility index (Phi) is 7.18. The quantitative estimate of drug-likeness (QED) is 0.176. The van der Waals surface area contributed by atoms with Gasteiger partial charge in [0.05, 0.1) is 0 Å². The van der Waals surface area contributed by atoms with Crippen LogP contribution < -0.4 is 4.90 Å². The lowest BCUT2D eigenvalue weighted by atomic mass is 9.91. The molecule has 0 bridgehead atoms. The number of para-hydroxylation sites is 2. The van der Waals surface area contributed by atoms with Crippen LogP contribution in [0, 0.1) is 0 Å². The minimum absolute atomic E-state index is 0.900. The molecule has 0 fully saturated rings. The van der Waals surface area contributed by atoms with Gasteiger partial charge in [0, 0.05) is 27.8 Å². The summed E-state index contributed by atoms with van der Waals surface area (Å²) >= 11 is 0. The molecule has 0 aliphatic rings. The molecule has 0 N–H and O–H groups in total. The van der Waals surface area contributed by atoms with E-state index >= 15 is 0 Å². The van der Waals surface area contributed by atoms with Crippen molar-refractivity contribution in [3.63, 3.8) is 0 Å². The van der Waals surface area contributed by atoms with Crippen LogP contribution in [-0.2, 0) is 0 Å². The highest BCUT2D eigenvalue weighted by Crippen LogP contribution is 2.43. The molecule has 0 spiro atoms. The molecule has 0 aliphatic heterocycles. The molecule has 0 amide bonds. The maximum Gasteiger partial charge on any atom is 0.136 e. The van der Waals surface area contributed by atoms with Gasteiger partial charge in [0.1, 0.15) is 11.2 Å². The number of hydrogen-bond donors (Lipinski definition) is 0. The highest BCUT2D eigenvalue weighted by Gasteiger charge is 2.17. The second-order valence-corrected chi connectivity index (χ2v) is 13.3. The van der Waals surface area contributed by atoms with E-state index in [4.69, 9.17) is 4.42 Å². The lowest BCUT2D eigenvalue weighted by Crippen LogP contribution is -2.09. The van der Waals surface area contributed by atoms with E-state index in [0.717, 1.165) is 50.1 Å². The predicted octanol–water partition coefficient (Wildman–Crippen LogP) is 14.4. The van der Waals surface area contributed by atoms with Crippen molar-refractivity contribution in [2.24, 2.45) is 0 Å². The molecule has 2 heteroatoms. The second-order valence-electron chi connectivity index (χ2n) is 13.3. The smallest absolute Gasteiger partial charge is 0.136 e. The van der Waals surface area contributed by atoms with Crippen molar-refractivity contribution in [3.05, 3.63) is 200 Å². The van der Waals surface area contributed by atoms with Crippen LogP contribution in [0.5, 0.6) is 0 Å². The highest BCUT2D eigenvalue weighted by atomic mass is 16.3. The van der Waals surface area contributed by atoms with Crippen molar-refractivity contribution < 1.29 is 4.42 Å². The van der Waals surface area contributed by atoms with E-state index in [1.807, 2.05) is 6.07 Å². The van der Waals surface area contributed by atoms with Crippen molar-refractivity contribution in [1.29, 1.82) is 0 Å². The summed E-state index contributed by atoms with van der Waals surface area (Å²) in [7, 11) is 0. The Bertz CT molecular complexity index is 2870. The zero-order valence-electron chi connectivity index (χ0n) is 28.4. The predicted molar refractivity (Wildman–Crippen MR) is 220 cm³/mol. The molecular formula is C50H33NO. The average molecular weight is 664 g/mol. The molecule has 0 saturated heterocycles. The van der Waals surface area contributed by atoms with Gasteiger partial charge < -0.3 is 9.32 Å². The lowest BCUT2D eigenvalue weighted by Gasteiger charge is -2.26. The minimum Gasteiger partial charge on any atom is -0.456 e. The zero-order chi connectivity index (χ0) is 34.4. The molecule has 10 rings (SSSR count). The average Bonchev–Trinajstić information content (AvgIpc) is 3.60. The molecule has 0 unspecified atom stereocenters. The molecular weight excluding hydrogens is 631 g/mol. The van der Waals surface area contributed by atoms with E-state index in [1.54, 1.807) is 0 Å². The summed E-state index contributed by atoms with van der Waals surface area (Å²) in [5, 5.41) is 7.14. The Hall–Kier alpha value is -6.90. The summed E-state index contributed by atoms with van der Waals surface area (Å²) in [5.74, 6) is 0. The minimum atomic E-state index is 0.900. The Morgan fingerprint density at radius 3 is 1.69 bits per heavy atom. The van der Waals surface area contributed by atoms with Crippen LogP contribution in [0.1, 0.15) is 0 Å². The fourth-order valence-electron chi connectivity index (χ4n) is 7.67. The number of hydrogen-bond acceptors (Lipinski definition) is 2. The third kappa shape index (κ3) is 5.21. The van der Waals surface area contributed by atoms with E-state index in [2.05, 4.69) is 199 Å². The molecule has 0 atom stereocenters. The monoisotopic (exact) mass is 663 g/mol. The van der Waals surface area contributed by atoms with Crippen molar-refractivity contribution >= 4 is 60.5 Å². The number of nitrogens with zero attached hydrogens (tertiary/aromatic N) is 1. The second kappa shape index (κ2) is 12.5. The fraction of sp³-hybridized carbons (Fsp3) is 0. The van der Waals surface area contributed by atoms with Gasteiger partial charge in [-0.1, -0.05) is 146 Å². The van der Waals surface area contributed by atoms with Crippen molar-refractivity contribution in [2.45, 2.75) is 0 Å². The zero-order valence-corrected chi connectivity index (χ0v) is 28.4. The van der Waals surface area contributed by atoms with E-state index < -0.39 is 0 Å². The summed E-state index contributed by atoms with van der Waals surface area (Å²) in [6, 6.07) is 71.6. The molecule has 1 heterocycles. The summed E-state index contributed by atoms with van der Waals surface area (Å²) in [6.07, 6.45) is 0. The maximum absolute atomic E-state index is 6.51. The topological polar surface area (TPSA) is 16.4 Å². The van der Waals surface area contributed by atoms with Crippen LogP contribution >= 0.6 is 0 Å². The number of anilines is 3. The molecule has 0 aliphatic carbocycles. The van der Waals surface area contributed by atoms with Crippen LogP contribution in [0.3, 0.4) is 0 Å². The van der Waals surface area contributed by atoms with Crippen molar-refractivity contribution in [1.82, 2.24) is 0 Å². The molecule has 0 saturated carbocycles. The Morgan fingerprint density at radius 1 is 0.308 bits per heavy atom. The fourth-order valence-corrected chi connectivity index (χ4v) is 7.67. The number of benzene rings is 9. The van der Waals surface area contributed by atoms with Gasteiger partial charge in [-0.25, -0.2) is 0 Å². The molecule has 9 aromatic carbocycles. The van der Waals surface area contributed by atoms with E-state index in [1.165, 1.54) is 43.8 Å². The highest BCUT2D eigenvalue weighted by molar-refractivity contribution is 6.22. The van der Waals surface area contributed by atoms with Crippen molar-refractivity contribution in [2.75, 3.05) is 4.90 Å². The van der Waals surface area contributed by atoms with E-state index in [-0.39, 0.29) is 0 Å². The largest absolute Gasteiger partial charge is 0.456 e. The molecule has 244 valence electrons. The first kappa shape index (κ1) is 30.0. The first-order chi connectivity index (χ1) is 25.8. The van der Waals surface area contributed by atoms with E-state index in [0.29, 0.717) is 0 Å². The first-order valence-electron chi connectivity index (χ1n) is 17.8. The summed E-state index contributed by atoms with van der Waals surface area (Å²) in [6.45, 7) is 0. The third-order valence-electron chi connectivity index (χ3n) is 10.2. The summed E-state index contributed by atoms with van der Waals surface area (Å²) in [5.41, 5.74) is 12.2. The molecule has 1 aromatic heterocycles. The van der Waals surface area contributed by atoms with Crippen LogP contribution in [-0.4, -0.2) is 0 Å². The normalized spacial score (nSPS) is 11.5. The third-order valence-corrected chi connectivity index (χ3v) is 10.2.